The Labute approximate surface area is 63.0 Å². The molecule has 0 aliphatic carbocycles. The fraction of sp³-hybridized carbons (Fsp3) is 0.143. The highest BCUT2D eigenvalue weighted by Crippen LogP contribution is 2.08. The summed E-state index contributed by atoms with van der Waals surface area (Å²) in [5.41, 5.74) is 5.32. The average Bonchev–Trinajstić information content (AvgIpc) is 1.94. The Kier molecular flexibility index (Phi) is 1.85. The van der Waals surface area contributed by atoms with Crippen LogP contribution in [0.3, 0.4) is 0 Å². The van der Waals surface area contributed by atoms with Gasteiger partial charge < -0.3 is 5.73 Å². The second kappa shape index (κ2) is 2.65. The third-order valence-corrected chi connectivity index (χ3v) is 1.28. The van der Waals surface area contributed by atoms with Crippen molar-refractivity contribution >= 4 is 11.6 Å². The molecule has 0 radical (unpaired) electrons. The van der Waals surface area contributed by atoms with Crippen LogP contribution in [0, 0.1) is 5.82 Å². The number of anilines is 1. The number of hydrogen-bond acceptors (Lipinski definition) is 3. The molecule has 0 aliphatic heterocycles. The van der Waals surface area contributed by atoms with Gasteiger partial charge in [-0.1, -0.05) is 0 Å². The van der Waals surface area contributed by atoms with Crippen LogP contribution in [0.1, 0.15) is 17.3 Å². The first kappa shape index (κ1) is 7.65. The fourth-order valence-corrected chi connectivity index (χ4v) is 0.641. The van der Waals surface area contributed by atoms with Gasteiger partial charge in [0.05, 0.1) is 0 Å². The monoisotopic (exact) mass is 154 g/mol. The first-order valence-electron chi connectivity index (χ1n) is 3.03. The molecule has 0 unspecified atom stereocenters. The molecular weight excluding hydrogens is 147 g/mol. The van der Waals surface area contributed by atoms with Crippen LogP contribution >= 0.6 is 0 Å². The van der Waals surface area contributed by atoms with Gasteiger partial charge >= 0.3 is 0 Å². The molecule has 0 aliphatic rings. The van der Waals surface area contributed by atoms with Gasteiger partial charge in [0, 0.05) is 11.8 Å². The van der Waals surface area contributed by atoms with Crippen LogP contribution in [0.4, 0.5) is 10.2 Å². The lowest BCUT2D eigenvalue weighted by atomic mass is 10.2. The standard InChI is InChI=1S/C7H7FN2O/c1-4(11)5-2-6(8)7(9)10-3-5/h2-3H,1H3,(H2,9,10). The number of nitrogen functional groups attached to an aromatic ring is 1. The number of pyridine rings is 1. The van der Waals surface area contributed by atoms with Crippen LogP contribution in [-0.4, -0.2) is 10.8 Å². The lowest BCUT2D eigenvalue weighted by Crippen LogP contribution is -1.99. The topological polar surface area (TPSA) is 56.0 Å². The minimum atomic E-state index is -0.655. The van der Waals surface area contributed by atoms with Gasteiger partial charge in [-0.15, -0.1) is 0 Å². The van der Waals surface area contributed by atoms with Crippen LogP contribution in [0.25, 0.3) is 0 Å². The van der Waals surface area contributed by atoms with E-state index in [9.17, 15) is 9.18 Å². The molecular formula is C7H7FN2O. The van der Waals surface area contributed by atoms with E-state index in [1.54, 1.807) is 0 Å². The lowest BCUT2D eigenvalue weighted by molar-refractivity contribution is 0.101. The van der Waals surface area contributed by atoms with Crippen molar-refractivity contribution in [3.63, 3.8) is 0 Å². The van der Waals surface area contributed by atoms with E-state index in [1.807, 2.05) is 0 Å². The Hall–Kier alpha value is -1.45. The fourth-order valence-electron chi connectivity index (χ4n) is 0.641. The molecule has 0 aromatic carbocycles. The van der Waals surface area contributed by atoms with E-state index in [1.165, 1.54) is 13.1 Å². The zero-order valence-corrected chi connectivity index (χ0v) is 5.97. The quantitative estimate of drug-likeness (QED) is 0.614. The second-order valence-electron chi connectivity index (χ2n) is 2.15. The molecule has 0 amide bonds. The van der Waals surface area contributed by atoms with Crippen molar-refractivity contribution in [3.05, 3.63) is 23.6 Å². The lowest BCUT2D eigenvalue weighted by Gasteiger charge is -1.96. The van der Waals surface area contributed by atoms with Gasteiger partial charge in [-0.05, 0) is 13.0 Å². The van der Waals surface area contributed by atoms with Crippen LogP contribution < -0.4 is 5.73 Å². The molecule has 3 nitrogen and oxygen atoms in total. The average molecular weight is 154 g/mol. The Morgan fingerprint density at radius 3 is 2.82 bits per heavy atom. The van der Waals surface area contributed by atoms with E-state index in [0.29, 0.717) is 0 Å². The van der Waals surface area contributed by atoms with E-state index >= 15 is 0 Å². The van der Waals surface area contributed by atoms with Crippen molar-refractivity contribution < 1.29 is 9.18 Å². The molecule has 0 bridgehead atoms. The summed E-state index contributed by atoms with van der Waals surface area (Å²) in [5.74, 6) is -1.07. The predicted molar refractivity (Wildman–Crippen MR) is 38.6 cm³/mol. The summed E-state index contributed by atoms with van der Waals surface area (Å²) in [7, 11) is 0. The van der Waals surface area contributed by atoms with E-state index < -0.39 is 5.82 Å². The molecule has 0 fully saturated rings. The largest absolute Gasteiger partial charge is 0.381 e. The van der Waals surface area contributed by atoms with Crippen molar-refractivity contribution in [1.82, 2.24) is 4.98 Å². The zero-order chi connectivity index (χ0) is 8.43. The number of halogens is 1. The molecule has 1 heterocycles. The maximum Gasteiger partial charge on any atom is 0.165 e. The number of aromatic nitrogens is 1. The zero-order valence-electron chi connectivity index (χ0n) is 5.97. The molecule has 11 heavy (non-hydrogen) atoms. The summed E-state index contributed by atoms with van der Waals surface area (Å²) in [4.78, 5) is 14.1. The molecule has 1 aromatic heterocycles. The molecule has 0 saturated heterocycles. The highest BCUT2D eigenvalue weighted by molar-refractivity contribution is 5.93. The van der Waals surface area contributed by atoms with Gasteiger partial charge in [0.25, 0.3) is 0 Å². The Balaban J connectivity index is 3.15. The summed E-state index contributed by atoms with van der Waals surface area (Å²) >= 11 is 0. The van der Waals surface area contributed by atoms with Gasteiger partial charge in [0.1, 0.15) is 0 Å². The number of hydrogen-bond donors (Lipinski definition) is 1. The maximum absolute atomic E-state index is 12.6. The number of nitrogens with zero attached hydrogens (tertiary/aromatic N) is 1. The summed E-state index contributed by atoms with van der Waals surface area (Å²) in [6.07, 6.45) is 1.25. The molecule has 1 aromatic rings. The minimum Gasteiger partial charge on any atom is -0.381 e. The number of ketones is 1. The number of nitrogens with two attached hydrogens (primary N) is 1. The van der Waals surface area contributed by atoms with Gasteiger partial charge in [0.2, 0.25) is 0 Å². The molecule has 58 valence electrons. The van der Waals surface area contributed by atoms with Crippen LogP contribution in [-0.2, 0) is 0 Å². The summed E-state index contributed by atoms with van der Waals surface area (Å²) in [5, 5.41) is 0. The number of Topliss-reactive ketones (excluding diaryl/α,β-unsaturated/α-hetero) is 1. The Morgan fingerprint density at radius 1 is 1.73 bits per heavy atom. The highest BCUT2D eigenvalue weighted by atomic mass is 19.1. The smallest absolute Gasteiger partial charge is 0.165 e. The SMILES string of the molecule is CC(=O)c1cnc(N)c(F)c1. The normalized spacial score (nSPS) is 9.64. The molecule has 0 atom stereocenters. The third-order valence-electron chi connectivity index (χ3n) is 1.28. The van der Waals surface area contributed by atoms with Crippen molar-refractivity contribution in [2.45, 2.75) is 6.92 Å². The van der Waals surface area contributed by atoms with Gasteiger partial charge in [-0.3, -0.25) is 4.79 Å². The molecule has 0 saturated carbocycles. The third kappa shape index (κ3) is 1.52. The van der Waals surface area contributed by atoms with E-state index in [2.05, 4.69) is 4.98 Å². The number of carbonyl (C=O) groups excluding carboxylic acids is 1. The van der Waals surface area contributed by atoms with E-state index in [0.717, 1.165) is 6.07 Å². The Morgan fingerprint density at radius 2 is 2.36 bits per heavy atom. The first-order valence-corrected chi connectivity index (χ1v) is 3.03. The van der Waals surface area contributed by atoms with E-state index in [-0.39, 0.29) is 17.2 Å². The van der Waals surface area contributed by atoms with E-state index in [4.69, 9.17) is 5.73 Å². The summed E-state index contributed by atoms with van der Waals surface area (Å²) in [6.45, 7) is 1.34. The van der Waals surface area contributed by atoms with Crippen LogP contribution in [0.15, 0.2) is 12.3 Å². The van der Waals surface area contributed by atoms with Gasteiger partial charge in [0.15, 0.2) is 17.4 Å². The first-order chi connectivity index (χ1) is 5.11. The molecule has 1 rings (SSSR count). The highest BCUT2D eigenvalue weighted by Gasteiger charge is 2.03. The summed E-state index contributed by atoms with van der Waals surface area (Å²) < 4.78 is 12.6. The minimum absolute atomic E-state index is 0.185. The Bertz CT molecular complexity index is 298. The number of rotatable bonds is 1. The van der Waals surface area contributed by atoms with Crippen molar-refractivity contribution in [1.29, 1.82) is 0 Å². The van der Waals surface area contributed by atoms with Crippen LogP contribution in [0.5, 0.6) is 0 Å². The van der Waals surface area contributed by atoms with Crippen molar-refractivity contribution in [3.8, 4) is 0 Å². The molecule has 2 N–H and O–H groups in total. The number of carbonyl (C=O) groups is 1. The maximum atomic E-state index is 12.6. The van der Waals surface area contributed by atoms with Crippen molar-refractivity contribution in [2.75, 3.05) is 5.73 Å². The van der Waals surface area contributed by atoms with Gasteiger partial charge in [-0.25, -0.2) is 9.37 Å². The molecule has 4 heteroatoms. The predicted octanol–water partition coefficient (Wildman–Crippen LogP) is 1.01. The summed E-state index contributed by atoms with van der Waals surface area (Å²) in [6, 6.07) is 1.07. The van der Waals surface area contributed by atoms with Gasteiger partial charge in [-0.2, -0.15) is 0 Å². The van der Waals surface area contributed by atoms with Crippen LogP contribution in [0.2, 0.25) is 0 Å². The second-order valence-corrected chi connectivity index (χ2v) is 2.15. The molecule has 0 spiro atoms. The van der Waals surface area contributed by atoms with Crippen molar-refractivity contribution in [2.24, 2.45) is 0 Å².